The molecule has 3 N–H and O–H groups in total. The van der Waals surface area contributed by atoms with Crippen LogP contribution >= 0.6 is 12.4 Å². The molecule has 0 aliphatic heterocycles. The number of nitrogens with zero attached hydrogens (tertiary/aromatic N) is 4. The summed E-state index contributed by atoms with van der Waals surface area (Å²) >= 11 is 0. The molecule has 112 valence electrons. The van der Waals surface area contributed by atoms with E-state index >= 15 is 0 Å². The van der Waals surface area contributed by atoms with Crippen LogP contribution in [0.2, 0.25) is 0 Å². The summed E-state index contributed by atoms with van der Waals surface area (Å²) in [6.45, 7) is 0.189. The van der Waals surface area contributed by atoms with Crippen LogP contribution in [0.4, 0.5) is 0 Å². The van der Waals surface area contributed by atoms with Gasteiger partial charge in [-0.05, 0) is 47.9 Å². The maximum Gasteiger partial charge on any atom is 0.242 e. The third-order valence-corrected chi connectivity index (χ3v) is 4.40. The summed E-state index contributed by atoms with van der Waals surface area (Å²) in [4.78, 5) is 12.0. The van der Waals surface area contributed by atoms with E-state index in [1.54, 1.807) is 0 Å². The number of aromatic nitrogens is 4. The summed E-state index contributed by atoms with van der Waals surface area (Å²) < 4.78 is 1.44. The Balaban J connectivity index is 0.00000147. The average Bonchev–Trinajstić information content (AvgIpc) is 2.83. The maximum atomic E-state index is 12.0. The highest BCUT2D eigenvalue weighted by Gasteiger charge is 2.39. The number of nitrogens with two attached hydrogens (primary N) is 1. The van der Waals surface area contributed by atoms with Crippen molar-refractivity contribution in [2.45, 2.75) is 50.7 Å². The third-order valence-electron chi connectivity index (χ3n) is 4.40. The van der Waals surface area contributed by atoms with Crippen LogP contribution in [0, 0.1) is 11.8 Å². The van der Waals surface area contributed by atoms with Gasteiger partial charge in [0.25, 0.3) is 0 Å². The monoisotopic (exact) mass is 300 g/mol. The summed E-state index contributed by atoms with van der Waals surface area (Å²) in [7, 11) is 0. The first-order valence-electron chi connectivity index (χ1n) is 6.98. The Kier molecular flexibility index (Phi) is 4.93. The smallest absolute Gasteiger partial charge is 0.242 e. The first-order valence-corrected chi connectivity index (χ1v) is 6.98. The molecule has 2 fully saturated rings. The lowest BCUT2D eigenvalue weighted by molar-refractivity contribution is -0.124. The Hall–Kier alpha value is -1.21. The van der Waals surface area contributed by atoms with Crippen molar-refractivity contribution < 1.29 is 4.79 Å². The fourth-order valence-electron chi connectivity index (χ4n) is 3.66. The number of hydrogen-bond donors (Lipinski definition) is 2. The zero-order chi connectivity index (χ0) is 13.2. The van der Waals surface area contributed by atoms with Gasteiger partial charge in [0.05, 0.1) is 0 Å². The molecular weight excluding hydrogens is 280 g/mol. The van der Waals surface area contributed by atoms with E-state index in [2.05, 4.69) is 20.8 Å². The molecular formula is C12H21ClN6O. The van der Waals surface area contributed by atoms with Crippen molar-refractivity contribution in [3.05, 3.63) is 6.33 Å². The van der Waals surface area contributed by atoms with E-state index in [9.17, 15) is 4.79 Å². The van der Waals surface area contributed by atoms with Gasteiger partial charge in [-0.3, -0.25) is 4.79 Å². The van der Waals surface area contributed by atoms with E-state index in [1.165, 1.54) is 30.3 Å². The van der Waals surface area contributed by atoms with E-state index < -0.39 is 0 Å². The van der Waals surface area contributed by atoms with Crippen molar-refractivity contribution in [3.8, 4) is 0 Å². The topological polar surface area (TPSA) is 98.7 Å². The molecule has 1 aromatic heterocycles. The second kappa shape index (κ2) is 6.49. The van der Waals surface area contributed by atoms with Crippen molar-refractivity contribution in [1.29, 1.82) is 0 Å². The van der Waals surface area contributed by atoms with E-state index in [0.717, 1.165) is 12.8 Å². The highest BCUT2D eigenvalue weighted by atomic mass is 35.5. The van der Waals surface area contributed by atoms with Gasteiger partial charge in [0, 0.05) is 12.1 Å². The number of rotatable bonds is 3. The fourth-order valence-corrected chi connectivity index (χ4v) is 3.66. The van der Waals surface area contributed by atoms with Gasteiger partial charge in [0.1, 0.15) is 12.9 Å². The maximum absolute atomic E-state index is 12.0. The zero-order valence-electron chi connectivity index (χ0n) is 11.3. The second-order valence-electron chi connectivity index (χ2n) is 5.78. The summed E-state index contributed by atoms with van der Waals surface area (Å²) in [5, 5.41) is 13.9. The van der Waals surface area contributed by atoms with E-state index in [1.807, 2.05) is 0 Å². The predicted molar refractivity (Wildman–Crippen MR) is 75.0 cm³/mol. The van der Waals surface area contributed by atoms with Crippen LogP contribution in [0.5, 0.6) is 0 Å². The third kappa shape index (κ3) is 3.27. The van der Waals surface area contributed by atoms with Crippen LogP contribution in [0.25, 0.3) is 0 Å². The first-order chi connectivity index (χ1) is 9.22. The molecule has 2 atom stereocenters. The number of carbonyl (C=O) groups excluding carboxylic acids is 1. The first kappa shape index (κ1) is 15.2. The van der Waals surface area contributed by atoms with Gasteiger partial charge in [0.15, 0.2) is 0 Å². The number of amides is 1. The summed E-state index contributed by atoms with van der Waals surface area (Å²) in [6.07, 6.45) is 7.15. The quantitative estimate of drug-likeness (QED) is 0.826. The Morgan fingerprint density at radius 3 is 2.65 bits per heavy atom. The summed E-state index contributed by atoms with van der Waals surface area (Å²) in [5.74, 6) is 1.07. The number of nitrogens with one attached hydrogen (secondary N) is 1. The SMILES string of the molecule is Cl.NC1CC2CCCC(C1)C2NC(=O)Cn1cnnn1. The van der Waals surface area contributed by atoms with Gasteiger partial charge in [-0.25, -0.2) is 4.68 Å². The average molecular weight is 301 g/mol. The lowest BCUT2D eigenvalue weighted by Gasteiger charge is -2.45. The molecule has 1 aromatic rings. The lowest BCUT2D eigenvalue weighted by atomic mass is 9.67. The van der Waals surface area contributed by atoms with Crippen LogP contribution in [0.3, 0.4) is 0 Å². The van der Waals surface area contributed by atoms with E-state index in [0.29, 0.717) is 17.9 Å². The molecule has 2 saturated carbocycles. The molecule has 7 nitrogen and oxygen atoms in total. The number of carbonyl (C=O) groups is 1. The van der Waals surface area contributed by atoms with Gasteiger partial charge >= 0.3 is 0 Å². The molecule has 0 spiro atoms. The molecule has 0 aromatic carbocycles. The van der Waals surface area contributed by atoms with Gasteiger partial charge in [-0.15, -0.1) is 17.5 Å². The minimum Gasteiger partial charge on any atom is -0.351 e. The number of fused-ring (bicyclic) bond motifs is 2. The molecule has 2 bridgehead atoms. The summed E-state index contributed by atoms with van der Waals surface area (Å²) in [6, 6.07) is 0.598. The fraction of sp³-hybridized carbons (Fsp3) is 0.833. The molecule has 2 aliphatic carbocycles. The second-order valence-corrected chi connectivity index (χ2v) is 5.78. The molecule has 2 aliphatic rings. The van der Waals surface area contributed by atoms with Gasteiger partial charge in [0.2, 0.25) is 5.91 Å². The van der Waals surface area contributed by atoms with E-state index in [-0.39, 0.29) is 30.9 Å². The Labute approximate surface area is 124 Å². The van der Waals surface area contributed by atoms with Gasteiger partial charge in [-0.2, -0.15) is 0 Å². The number of halogens is 1. The molecule has 1 amide bonds. The standard InChI is InChI=1S/C12H20N6O.ClH/c13-10-4-8-2-1-3-9(5-10)12(8)15-11(19)6-18-7-14-16-17-18;/h7-10,12H,1-6,13H2,(H,15,19);1H. The molecule has 2 unspecified atom stereocenters. The van der Waals surface area contributed by atoms with Crippen molar-refractivity contribution in [2.75, 3.05) is 0 Å². The predicted octanol–water partition coefficient (Wildman–Crippen LogP) is 0.117. The highest BCUT2D eigenvalue weighted by Crippen LogP contribution is 2.39. The largest absolute Gasteiger partial charge is 0.351 e. The molecule has 1 heterocycles. The molecule has 0 radical (unpaired) electrons. The van der Waals surface area contributed by atoms with Crippen molar-refractivity contribution in [2.24, 2.45) is 17.6 Å². The highest BCUT2D eigenvalue weighted by molar-refractivity contribution is 5.85. The molecule has 20 heavy (non-hydrogen) atoms. The van der Waals surface area contributed by atoms with Crippen LogP contribution in [-0.4, -0.2) is 38.2 Å². The van der Waals surface area contributed by atoms with Crippen LogP contribution in [0.1, 0.15) is 32.1 Å². The Morgan fingerprint density at radius 2 is 2.05 bits per heavy atom. The zero-order valence-corrected chi connectivity index (χ0v) is 12.1. The van der Waals surface area contributed by atoms with Gasteiger partial charge < -0.3 is 11.1 Å². The minimum absolute atomic E-state index is 0. The van der Waals surface area contributed by atoms with Crippen LogP contribution in [-0.2, 0) is 11.3 Å². The van der Waals surface area contributed by atoms with Crippen LogP contribution in [0.15, 0.2) is 6.33 Å². The lowest BCUT2D eigenvalue weighted by Crippen LogP contribution is -2.54. The van der Waals surface area contributed by atoms with Gasteiger partial charge in [-0.1, -0.05) is 6.42 Å². The minimum atomic E-state index is -0.00956. The molecule has 3 rings (SSSR count). The number of hydrogen-bond acceptors (Lipinski definition) is 5. The van der Waals surface area contributed by atoms with Crippen molar-refractivity contribution in [3.63, 3.8) is 0 Å². The normalized spacial score (nSPS) is 32.2. The Morgan fingerprint density at radius 1 is 1.35 bits per heavy atom. The summed E-state index contributed by atoms with van der Waals surface area (Å²) in [5.41, 5.74) is 6.08. The molecule has 0 saturated heterocycles. The number of tetrazole rings is 1. The van der Waals surface area contributed by atoms with Crippen molar-refractivity contribution in [1.82, 2.24) is 25.5 Å². The Bertz CT molecular complexity index is 425. The molecule has 8 heteroatoms. The van der Waals surface area contributed by atoms with E-state index in [4.69, 9.17) is 5.73 Å². The van der Waals surface area contributed by atoms with Crippen molar-refractivity contribution >= 4 is 18.3 Å². The van der Waals surface area contributed by atoms with Crippen LogP contribution < -0.4 is 11.1 Å².